The SMILES string of the molecule is COc1ccc(Cc2nc3ccccc3n2CCCCOc2cc(C)c(Cl)c(C)c2)cc1. The fourth-order valence-corrected chi connectivity index (χ4v) is 4.10. The molecule has 32 heavy (non-hydrogen) atoms. The average molecular weight is 449 g/mol. The lowest BCUT2D eigenvalue weighted by Gasteiger charge is -2.12. The van der Waals surface area contributed by atoms with Crippen LogP contribution in [0.5, 0.6) is 11.5 Å². The monoisotopic (exact) mass is 448 g/mol. The van der Waals surface area contributed by atoms with Gasteiger partial charge in [0.1, 0.15) is 17.3 Å². The molecule has 0 aliphatic carbocycles. The van der Waals surface area contributed by atoms with Crippen LogP contribution in [0.2, 0.25) is 5.02 Å². The molecule has 0 amide bonds. The molecule has 5 heteroatoms. The molecule has 3 aromatic carbocycles. The largest absolute Gasteiger partial charge is 0.497 e. The van der Waals surface area contributed by atoms with Crippen LogP contribution in [-0.4, -0.2) is 23.3 Å². The zero-order valence-electron chi connectivity index (χ0n) is 18.9. The number of halogens is 1. The van der Waals surface area contributed by atoms with Gasteiger partial charge in [-0.1, -0.05) is 35.9 Å². The maximum Gasteiger partial charge on any atom is 0.119 e. The van der Waals surface area contributed by atoms with E-state index in [4.69, 9.17) is 26.1 Å². The average Bonchev–Trinajstić information content (AvgIpc) is 3.14. The molecule has 0 aliphatic rings. The zero-order chi connectivity index (χ0) is 22.5. The molecular formula is C27H29ClN2O2. The number of aromatic nitrogens is 2. The Morgan fingerprint density at radius 1 is 0.906 bits per heavy atom. The number of para-hydroxylation sites is 2. The van der Waals surface area contributed by atoms with Gasteiger partial charge in [-0.05, 0) is 79.8 Å². The van der Waals surface area contributed by atoms with E-state index in [0.29, 0.717) is 6.61 Å². The molecule has 4 nitrogen and oxygen atoms in total. The smallest absolute Gasteiger partial charge is 0.119 e. The second-order valence-corrected chi connectivity index (χ2v) is 8.50. The van der Waals surface area contributed by atoms with Crippen molar-refractivity contribution in [3.63, 3.8) is 0 Å². The van der Waals surface area contributed by atoms with Crippen LogP contribution in [0.15, 0.2) is 60.7 Å². The lowest BCUT2D eigenvalue weighted by atomic mass is 10.1. The molecule has 166 valence electrons. The van der Waals surface area contributed by atoms with Gasteiger partial charge in [-0.3, -0.25) is 0 Å². The third kappa shape index (κ3) is 5.08. The zero-order valence-corrected chi connectivity index (χ0v) is 19.7. The molecule has 1 heterocycles. The summed E-state index contributed by atoms with van der Waals surface area (Å²) in [5.41, 5.74) is 5.55. The standard InChI is InChI=1S/C27H29ClN2O2/c1-19-16-23(17-20(2)27(19)28)32-15-7-6-14-30-25-9-5-4-8-24(25)29-26(30)18-21-10-12-22(31-3)13-11-21/h4-5,8-13,16-17H,6-7,14-15,18H2,1-3H3. The van der Waals surface area contributed by atoms with E-state index in [9.17, 15) is 0 Å². The Labute approximate surface area is 194 Å². The molecule has 0 radical (unpaired) electrons. The number of fused-ring (bicyclic) bond motifs is 1. The van der Waals surface area contributed by atoms with E-state index >= 15 is 0 Å². The van der Waals surface area contributed by atoms with Gasteiger partial charge in [-0.15, -0.1) is 0 Å². The Balaban J connectivity index is 1.41. The lowest BCUT2D eigenvalue weighted by molar-refractivity contribution is 0.303. The number of aryl methyl sites for hydroxylation is 3. The Bertz CT molecular complexity index is 1180. The minimum atomic E-state index is 0.682. The fraction of sp³-hybridized carbons (Fsp3) is 0.296. The first-order valence-electron chi connectivity index (χ1n) is 11.0. The second kappa shape index (κ2) is 10.1. The predicted molar refractivity (Wildman–Crippen MR) is 131 cm³/mol. The van der Waals surface area contributed by atoms with E-state index in [1.165, 1.54) is 11.1 Å². The predicted octanol–water partition coefficient (Wildman–Crippen LogP) is 6.77. The minimum Gasteiger partial charge on any atom is -0.497 e. The molecule has 1 aromatic heterocycles. The second-order valence-electron chi connectivity index (χ2n) is 8.12. The number of hydrogen-bond donors (Lipinski definition) is 0. The van der Waals surface area contributed by atoms with E-state index in [1.807, 2.05) is 44.2 Å². The van der Waals surface area contributed by atoms with Crippen LogP contribution in [-0.2, 0) is 13.0 Å². The highest BCUT2D eigenvalue weighted by atomic mass is 35.5. The van der Waals surface area contributed by atoms with Crippen LogP contribution in [0.4, 0.5) is 0 Å². The normalized spacial score (nSPS) is 11.1. The maximum absolute atomic E-state index is 6.26. The number of ether oxygens (including phenoxy) is 2. The van der Waals surface area contributed by atoms with Gasteiger partial charge < -0.3 is 14.0 Å². The van der Waals surface area contributed by atoms with Gasteiger partial charge in [-0.25, -0.2) is 4.98 Å². The molecule has 0 N–H and O–H groups in total. The number of rotatable bonds is 9. The molecule has 0 spiro atoms. The van der Waals surface area contributed by atoms with Gasteiger partial charge >= 0.3 is 0 Å². The summed E-state index contributed by atoms with van der Waals surface area (Å²) in [5, 5.41) is 0.814. The van der Waals surface area contributed by atoms with Crippen molar-refractivity contribution < 1.29 is 9.47 Å². The van der Waals surface area contributed by atoms with Crippen molar-refractivity contribution >= 4 is 22.6 Å². The van der Waals surface area contributed by atoms with E-state index in [2.05, 4.69) is 34.9 Å². The van der Waals surface area contributed by atoms with Gasteiger partial charge in [0.2, 0.25) is 0 Å². The van der Waals surface area contributed by atoms with Crippen molar-refractivity contribution in [3.05, 3.63) is 88.2 Å². The molecule has 0 saturated carbocycles. The van der Waals surface area contributed by atoms with Crippen molar-refractivity contribution in [3.8, 4) is 11.5 Å². The Morgan fingerprint density at radius 2 is 1.62 bits per heavy atom. The van der Waals surface area contributed by atoms with Crippen molar-refractivity contribution in [2.75, 3.05) is 13.7 Å². The summed E-state index contributed by atoms with van der Waals surface area (Å²) in [4.78, 5) is 4.91. The molecule has 0 atom stereocenters. The summed E-state index contributed by atoms with van der Waals surface area (Å²) in [7, 11) is 1.69. The number of unbranched alkanes of at least 4 members (excludes halogenated alkanes) is 1. The van der Waals surface area contributed by atoms with Crippen LogP contribution in [0.3, 0.4) is 0 Å². The molecule has 0 aliphatic heterocycles. The van der Waals surface area contributed by atoms with Gasteiger partial charge in [0, 0.05) is 18.0 Å². The minimum absolute atomic E-state index is 0.682. The van der Waals surface area contributed by atoms with Gasteiger partial charge in [0.05, 0.1) is 24.8 Å². The summed E-state index contributed by atoms with van der Waals surface area (Å²) < 4.78 is 13.6. The molecular weight excluding hydrogens is 420 g/mol. The summed E-state index contributed by atoms with van der Waals surface area (Å²) >= 11 is 6.26. The maximum atomic E-state index is 6.26. The number of benzene rings is 3. The van der Waals surface area contributed by atoms with Crippen molar-refractivity contribution in [1.82, 2.24) is 9.55 Å². The molecule has 0 fully saturated rings. The summed E-state index contributed by atoms with van der Waals surface area (Å²) in [5.74, 6) is 2.84. The lowest BCUT2D eigenvalue weighted by Crippen LogP contribution is -2.07. The number of imidazole rings is 1. The Kier molecular flexibility index (Phi) is 7.01. The first-order valence-corrected chi connectivity index (χ1v) is 11.4. The Morgan fingerprint density at radius 3 is 2.34 bits per heavy atom. The van der Waals surface area contributed by atoms with Gasteiger partial charge in [0.15, 0.2) is 0 Å². The highest BCUT2D eigenvalue weighted by Gasteiger charge is 2.11. The first-order chi connectivity index (χ1) is 15.5. The fourth-order valence-electron chi connectivity index (χ4n) is 3.99. The first kappa shape index (κ1) is 22.2. The Hall–Kier alpha value is -2.98. The summed E-state index contributed by atoms with van der Waals surface area (Å²) in [6.07, 6.45) is 2.77. The van der Waals surface area contributed by atoms with Gasteiger partial charge in [0.25, 0.3) is 0 Å². The van der Waals surface area contributed by atoms with Crippen LogP contribution >= 0.6 is 11.6 Å². The van der Waals surface area contributed by atoms with Crippen molar-refractivity contribution in [1.29, 1.82) is 0 Å². The van der Waals surface area contributed by atoms with Crippen LogP contribution in [0, 0.1) is 13.8 Å². The third-order valence-electron chi connectivity index (χ3n) is 5.71. The van der Waals surface area contributed by atoms with Crippen LogP contribution in [0.1, 0.15) is 35.4 Å². The van der Waals surface area contributed by atoms with E-state index in [-0.39, 0.29) is 0 Å². The summed E-state index contributed by atoms with van der Waals surface area (Å²) in [6.45, 7) is 5.61. The quantitative estimate of drug-likeness (QED) is 0.265. The topological polar surface area (TPSA) is 36.3 Å². The van der Waals surface area contributed by atoms with Crippen molar-refractivity contribution in [2.24, 2.45) is 0 Å². The van der Waals surface area contributed by atoms with E-state index in [0.717, 1.165) is 64.8 Å². The summed E-state index contributed by atoms with van der Waals surface area (Å²) in [6, 6.07) is 20.6. The molecule has 0 bridgehead atoms. The number of nitrogens with zero attached hydrogens (tertiary/aromatic N) is 2. The highest BCUT2D eigenvalue weighted by Crippen LogP contribution is 2.26. The number of methoxy groups -OCH3 is 1. The molecule has 4 rings (SSSR count). The van der Waals surface area contributed by atoms with E-state index < -0.39 is 0 Å². The van der Waals surface area contributed by atoms with Crippen molar-refractivity contribution in [2.45, 2.75) is 39.7 Å². The van der Waals surface area contributed by atoms with E-state index in [1.54, 1.807) is 7.11 Å². The molecule has 0 unspecified atom stereocenters. The highest BCUT2D eigenvalue weighted by molar-refractivity contribution is 6.32. The van der Waals surface area contributed by atoms with Crippen LogP contribution < -0.4 is 9.47 Å². The molecule has 4 aromatic rings. The van der Waals surface area contributed by atoms with Crippen LogP contribution in [0.25, 0.3) is 11.0 Å². The number of hydrogen-bond acceptors (Lipinski definition) is 3. The third-order valence-corrected chi connectivity index (χ3v) is 6.31. The van der Waals surface area contributed by atoms with Gasteiger partial charge in [-0.2, -0.15) is 0 Å². The molecule has 0 saturated heterocycles.